The van der Waals surface area contributed by atoms with E-state index in [4.69, 9.17) is 9.84 Å². The van der Waals surface area contributed by atoms with Crippen molar-refractivity contribution in [1.29, 1.82) is 0 Å². The van der Waals surface area contributed by atoms with Crippen molar-refractivity contribution < 1.29 is 14.6 Å². The lowest BCUT2D eigenvalue weighted by Crippen LogP contribution is -2.37. The van der Waals surface area contributed by atoms with Gasteiger partial charge in [-0.15, -0.1) is 12.6 Å². The van der Waals surface area contributed by atoms with E-state index in [2.05, 4.69) is 12.6 Å². The summed E-state index contributed by atoms with van der Waals surface area (Å²) in [6.45, 7) is 1.32. The van der Waals surface area contributed by atoms with Gasteiger partial charge in [0, 0.05) is 18.4 Å². The maximum absolute atomic E-state index is 10.9. The quantitative estimate of drug-likeness (QED) is 0.597. The second kappa shape index (κ2) is 4.09. The zero-order chi connectivity index (χ0) is 8.27. The summed E-state index contributed by atoms with van der Waals surface area (Å²) in [5.41, 5.74) is 0. The number of hydrogen-bond donors (Lipinski definition) is 2. The highest BCUT2D eigenvalue weighted by molar-refractivity contribution is 7.96. The minimum absolute atomic E-state index is 0.0491. The maximum Gasteiger partial charge on any atom is 0.189 e. The van der Waals surface area contributed by atoms with Crippen molar-refractivity contribution in [1.82, 2.24) is 0 Å². The van der Waals surface area contributed by atoms with Crippen LogP contribution in [0, 0.1) is 11.8 Å². The number of carbonyl (C=O) groups is 1. The lowest BCUT2D eigenvalue weighted by Gasteiger charge is -2.31. The van der Waals surface area contributed by atoms with E-state index in [-0.39, 0.29) is 23.6 Å². The van der Waals surface area contributed by atoms with E-state index in [0.717, 1.165) is 0 Å². The van der Waals surface area contributed by atoms with Gasteiger partial charge in [-0.2, -0.15) is 0 Å². The number of aliphatic hydroxyl groups excluding tert-OH is 1. The van der Waals surface area contributed by atoms with Gasteiger partial charge in [-0.25, -0.2) is 0 Å². The molecule has 0 aromatic carbocycles. The Labute approximate surface area is 71.1 Å². The van der Waals surface area contributed by atoms with Crippen LogP contribution in [0.3, 0.4) is 0 Å². The van der Waals surface area contributed by atoms with Crippen molar-refractivity contribution in [2.45, 2.75) is 6.42 Å². The van der Waals surface area contributed by atoms with E-state index in [9.17, 15) is 4.79 Å². The molecular weight excluding hydrogens is 164 g/mol. The molecule has 0 aromatic rings. The molecule has 1 saturated heterocycles. The smallest absolute Gasteiger partial charge is 0.189 e. The van der Waals surface area contributed by atoms with E-state index in [1.165, 1.54) is 0 Å². The van der Waals surface area contributed by atoms with Gasteiger partial charge in [0.05, 0.1) is 13.2 Å². The molecule has 64 valence electrons. The molecule has 0 amide bonds. The fraction of sp³-hybridized carbons (Fsp3) is 0.857. The van der Waals surface area contributed by atoms with Crippen molar-refractivity contribution in [3.8, 4) is 0 Å². The Morgan fingerprint density at radius 2 is 2.36 bits per heavy atom. The van der Waals surface area contributed by atoms with Gasteiger partial charge in [-0.3, -0.25) is 4.79 Å². The molecule has 0 radical (unpaired) electrons. The molecule has 1 unspecified atom stereocenters. The number of hydrogen-bond acceptors (Lipinski definition) is 3. The van der Waals surface area contributed by atoms with Crippen LogP contribution in [0.25, 0.3) is 0 Å². The second-order valence-corrected chi connectivity index (χ2v) is 3.20. The normalized spacial score (nSPS) is 20.9. The molecule has 1 fully saturated rings. The first kappa shape index (κ1) is 9.03. The van der Waals surface area contributed by atoms with Crippen LogP contribution >= 0.6 is 12.6 Å². The van der Waals surface area contributed by atoms with Crippen molar-refractivity contribution >= 4 is 17.7 Å². The van der Waals surface area contributed by atoms with E-state index >= 15 is 0 Å². The predicted octanol–water partition coefficient (Wildman–Crippen LogP) is 0.0878. The molecule has 0 aromatic heterocycles. The van der Waals surface area contributed by atoms with Crippen molar-refractivity contribution in [3.63, 3.8) is 0 Å². The van der Waals surface area contributed by atoms with Crippen LogP contribution < -0.4 is 0 Å². The summed E-state index contributed by atoms with van der Waals surface area (Å²) in [4.78, 5) is 10.9. The van der Waals surface area contributed by atoms with Gasteiger partial charge in [-0.05, 0) is 6.42 Å². The highest BCUT2D eigenvalue weighted by Gasteiger charge is 2.31. The standard InChI is InChI=1S/C7H12O3S/c8-2-1-6(7(9)11)5-3-10-4-5/h5-6,8H,1-4H2,(H,9,11). The third kappa shape index (κ3) is 2.18. The molecule has 0 saturated carbocycles. The molecule has 1 rings (SSSR count). The van der Waals surface area contributed by atoms with E-state index in [0.29, 0.717) is 19.6 Å². The van der Waals surface area contributed by atoms with Gasteiger partial charge < -0.3 is 9.84 Å². The fourth-order valence-corrected chi connectivity index (χ4v) is 1.53. The predicted molar refractivity (Wildman–Crippen MR) is 43.5 cm³/mol. The van der Waals surface area contributed by atoms with Gasteiger partial charge >= 0.3 is 0 Å². The Hall–Kier alpha value is -0.0600. The number of aliphatic hydroxyl groups is 1. The largest absolute Gasteiger partial charge is 0.396 e. The highest BCUT2D eigenvalue weighted by Crippen LogP contribution is 2.25. The van der Waals surface area contributed by atoms with Crippen LogP contribution in [-0.4, -0.2) is 30.0 Å². The Morgan fingerprint density at radius 1 is 1.73 bits per heavy atom. The van der Waals surface area contributed by atoms with Crippen molar-refractivity contribution in [2.24, 2.45) is 11.8 Å². The van der Waals surface area contributed by atoms with Gasteiger partial charge in [0.1, 0.15) is 0 Å². The minimum Gasteiger partial charge on any atom is -0.396 e. The number of rotatable bonds is 4. The monoisotopic (exact) mass is 176 g/mol. The lowest BCUT2D eigenvalue weighted by atomic mass is 9.89. The van der Waals surface area contributed by atoms with Gasteiger partial charge in [0.25, 0.3) is 0 Å². The first-order chi connectivity index (χ1) is 5.25. The average Bonchev–Trinajstić information content (AvgIpc) is 1.82. The van der Waals surface area contributed by atoms with E-state index in [1.807, 2.05) is 0 Å². The summed E-state index contributed by atoms with van der Waals surface area (Å²) in [6, 6.07) is 0. The van der Waals surface area contributed by atoms with Crippen LogP contribution in [0.15, 0.2) is 0 Å². The Balaban J connectivity index is 2.37. The van der Waals surface area contributed by atoms with E-state index < -0.39 is 0 Å². The lowest BCUT2D eigenvalue weighted by molar-refractivity contribution is -0.125. The van der Waals surface area contributed by atoms with Crippen LogP contribution in [0.1, 0.15) is 6.42 Å². The molecule has 0 bridgehead atoms. The first-order valence-corrected chi connectivity index (χ1v) is 4.12. The first-order valence-electron chi connectivity index (χ1n) is 3.67. The summed E-state index contributed by atoms with van der Waals surface area (Å²) < 4.78 is 4.94. The summed E-state index contributed by atoms with van der Waals surface area (Å²) >= 11 is 3.75. The minimum atomic E-state index is -0.132. The topological polar surface area (TPSA) is 46.5 Å². The Kier molecular flexibility index (Phi) is 3.36. The van der Waals surface area contributed by atoms with Crippen LogP contribution in [0.5, 0.6) is 0 Å². The molecule has 0 aliphatic carbocycles. The van der Waals surface area contributed by atoms with Gasteiger partial charge in [0.2, 0.25) is 0 Å². The molecule has 1 aliphatic rings. The molecule has 1 atom stereocenters. The summed E-state index contributed by atoms with van der Waals surface area (Å²) in [7, 11) is 0. The summed E-state index contributed by atoms with van der Waals surface area (Å²) in [5.74, 6) is 0.171. The Bertz CT molecular complexity index is 145. The van der Waals surface area contributed by atoms with E-state index in [1.54, 1.807) is 0 Å². The molecule has 4 heteroatoms. The average molecular weight is 176 g/mol. The second-order valence-electron chi connectivity index (χ2n) is 2.75. The van der Waals surface area contributed by atoms with Gasteiger partial charge in [0.15, 0.2) is 5.12 Å². The molecule has 1 N–H and O–H groups in total. The Morgan fingerprint density at radius 3 is 2.64 bits per heavy atom. The van der Waals surface area contributed by atoms with Crippen molar-refractivity contribution in [3.05, 3.63) is 0 Å². The number of carbonyl (C=O) groups excluding carboxylic acids is 1. The van der Waals surface area contributed by atoms with Crippen molar-refractivity contribution in [2.75, 3.05) is 19.8 Å². The van der Waals surface area contributed by atoms with Crippen LogP contribution in [0.2, 0.25) is 0 Å². The number of thiol groups is 1. The SMILES string of the molecule is O=C(S)C(CCO)C1COC1. The molecule has 1 heterocycles. The summed E-state index contributed by atoms with van der Waals surface area (Å²) in [5, 5.41) is 8.49. The molecule has 0 spiro atoms. The number of ether oxygens (including phenoxy) is 1. The van der Waals surface area contributed by atoms with Gasteiger partial charge in [-0.1, -0.05) is 0 Å². The third-order valence-corrected chi connectivity index (χ3v) is 2.32. The molecular formula is C7H12O3S. The third-order valence-electron chi connectivity index (χ3n) is 1.99. The summed E-state index contributed by atoms with van der Waals surface area (Å²) in [6.07, 6.45) is 0.510. The molecule has 11 heavy (non-hydrogen) atoms. The maximum atomic E-state index is 10.9. The fourth-order valence-electron chi connectivity index (χ4n) is 1.19. The van der Waals surface area contributed by atoms with Crippen LogP contribution in [0.4, 0.5) is 0 Å². The zero-order valence-corrected chi connectivity index (χ0v) is 7.09. The molecule has 1 aliphatic heterocycles. The zero-order valence-electron chi connectivity index (χ0n) is 6.19. The van der Waals surface area contributed by atoms with Crippen LogP contribution in [-0.2, 0) is 9.53 Å². The molecule has 3 nitrogen and oxygen atoms in total. The highest BCUT2D eigenvalue weighted by atomic mass is 32.1.